The lowest BCUT2D eigenvalue weighted by atomic mass is 9.91. The second-order valence-electron chi connectivity index (χ2n) is 8.62. The monoisotopic (exact) mass is 381 g/mol. The van der Waals surface area contributed by atoms with E-state index in [1.807, 2.05) is 0 Å². The Morgan fingerprint density at radius 1 is 1.11 bits per heavy atom. The molecule has 1 aliphatic carbocycles. The van der Waals surface area contributed by atoms with E-state index >= 15 is 0 Å². The van der Waals surface area contributed by atoms with E-state index in [4.69, 9.17) is 4.84 Å². The molecule has 1 fully saturated rings. The fourth-order valence-electron chi connectivity index (χ4n) is 3.21. The Kier molecular flexibility index (Phi) is 5.40. The predicted octanol–water partition coefficient (Wildman–Crippen LogP) is 5.06. The molecule has 0 unspecified atom stereocenters. The summed E-state index contributed by atoms with van der Waals surface area (Å²) in [6, 6.07) is 0. The molecule has 1 saturated carbocycles. The normalized spacial score (nSPS) is 28.1. The van der Waals surface area contributed by atoms with Gasteiger partial charge in [-0.05, 0) is 65.7 Å². The van der Waals surface area contributed by atoms with E-state index < -0.39 is 0 Å². The van der Waals surface area contributed by atoms with E-state index in [0.29, 0.717) is 15.3 Å². The van der Waals surface area contributed by atoms with Crippen LogP contribution in [0.4, 0.5) is 0 Å². The van der Waals surface area contributed by atoms with Gasteiger partial charge in [0.25, 0.3) is 0 Å². The van der Waals surface area contributed by atoms with Crippen molar-refractivity contribution in [3.05, 3.63) is 0 Å². The molecule has 1 aliphatic rings. The van der Waals surface area contributed by atoms with Gasteiger partial charge < -0.3 is 0 Å². The summed E-state index contributed by atoms with van der Waals surface area (Å²) in [6.07, 6.45) is 2.61. The molecule has 0 aromatic heterocycles. The molecule has 0 spiro atoms. The van der Waals surface area contributed by atoms with Gasteiger partial charge >= 0.3 is 0 Å². The number of nitrogens with zero attached hydrogens (tertiary/aromatic N) is 1. The highest BCUT2D eigenvalue weighted by atomic mass is 127. The molecule has 0 N–H and O–H groups in total. The first-order valence-electron chi connectivity index (χ1n) is 7.43. The third kappa shape index (κ3) is 4.57. The quantitative estimate of drug-likeness (QED) is 0.385. The largest absolute Gasteiger partial charge is 0.298 e. The van der Waals surface area contributed by atoms with Crippen molar-refractivity contribution in [3.8, 4) is 0 Å². The minimum absolute atomic E-state index is 0.0349. The van der Waals surface area contributed by atoms with Crippen molar-refractivity contribution < 1.29 is 4.84 Å². The van der Waals surface area contributed by atoms with Gasteiger partial charge in [-0.3, -0.25) is 4.84 Å². The van der Waals surface area contributed by atoms with Crippen LogP contribution in [0.5, 0.6) is 0 Å². The van der Waals surface area contributed by atoms with Crippen molar-refractivity contribution in [3.63, 3.8) is 0 Å². The van der Waals surface area contributed by atoms with Gasteiger partial charge in [-0.2, -0.15) is 5.06 Å². The maximum absolute atomic E-state index is 6.25. The van der Waals surface area contributed by atoms with Crippen LogP contribution in [0, 0.1) is 11.3 Å². The zero-order valence-electron chi connectivity index (χ0n) is 14.0. The van der Waals surface area contributed by atoms with E-state index in [1.54, 1.807) is 0 Å². The van der Waals surface area contributed by atoms with Gasteiger partial charge in [-0.15, -0.1) is 0 Å². The average molecular weight is 381 g/mol. The fraction of sp³-hybridized carbons (Fsp3) is 1.00. The lowest BCUT2D eigenvalue weighted by Gasteiger charge is -2.44. The van der Waals surface area contributed by atoms with Crippen LogP contribution in [0.3, 0.4) is 0 Å². The highest BCUT2D eigenvalue weighted by Crippen LogP contribution is 2.46. The number of hydrogen-bond donors (Lipinski definition) is 0. The van der Waals surface area contributed by atoms with Crippen molar-refractivity contribution in [2.75, 3.05) is 6.61 Å². The molecule has 0 bridgehead atoms. The zero-order valence-corrected chi connectivity index (χ0v) is 16.2. The van der Waals surface area contributed by atoms with Crippen LogP contribution in [-0.2, 0) is 4.84 Å². The Morgan fingerprint density at radius 2 is 1.58 bits per heavy atom. The van der Waals surface area contributed by atoms with Crippen molar-refractivity contribution in [2.45, 2.75) is 83.2 Å². The first kappa shape index (κ1) is 17.7. The second-order valence-corrected chi connectivity index (χ2v) is 9.96. The molecule has 0 aromatic carbocycles. The Balaban J connectivity index is 2.64. The highest BCUT2D eigenvalue weighted by Gasteiger charge is 2.41. The molecule has 0 amide bonds. The first-order chi connectivity index (χ1) is 8.36. The van der Waals surface area contributed by atoms with Crippen LogP contribution in [0.25, 0.3) is 0 Å². The number of alkyl halides is 1. The maximum Gasteiger partial charge on any atom is 0.0724 e. The number of rotatable bonds is 3. The molecule has 2 nitrogen and oxygen atoms in total. The lowest BCUT2D eigenvalue weighted by Crippen LogP contribution is -2.53. The van der Waals surface area contributed by atoms with Gasteiger partial charge in [-0.1, -0.05) is 36.4 Å². The molecular weight excluding hydrogens is 349 g/mol. The molecule has 0 aromatic rings. The number of halogens is 1. The molecule has 0 radical (unpaired) electrons. The Hall–Kier alpha value is 0.650. The van der Waals surface area contributed by atoms with Crippen LogP contribution >= 0.6 is 22.6 Å². The molecule has 0 saturated heterocycles. The minimum atomic E-state index is 0.0349. The number of hydroxylamine groups is 2. The van der Waals surface area contributed by atoms with Crippen molar-refractivity contribution in [1.82, 2.24) is 5.06 Å². The van der Waals surface area contributed by atoms with Crippen molar-refractivity contribution >= 4 is 22.6 Å². The summed E-state index contributed by atoms with van der Waals surface area (Å²) in [5.41, 5.74) is 0.531. The van der Waals surface area contributed by atoms with Crippen LogP contribution in [-0.4, -0.2) is 26.7 Å². The van der Waals surface area contributed by atoms with Crippen LogP contribution in [0.1, 0.15) is 68.2 Å². The zero-order chi connectivity index (χ0) is 15.1. The van der Waals surface area contributed by atoms with Gasteiger partial charge in [-0.25, -0.2) is 0 Å². The lowest BCUT2D eigenvalue weighted by molar-refractivity contribution is -0.262. The summed E-state index contributed by atoms with van der Waals surface area (Å²) in [6.45, 7) is 18.9. The van der Waals surface area contributed by atoms with E-state index in [2.05, 4.69) is 83.0 Å². The summed E-state index contributed by atoms with van der Waals surface area (Å²) < 4.78 is 0.715. The van der Waals surface area contributed by atoms with Gasteiger partial charge in [0.1, 0.15) is 0 Å². The first-order valence-corrected chi connectivity index (χ1v) is 8.67. The molecular formula is C16H32INO. The second kappa shape index (κ2) is 5.80. The molecule has 2 atom stereocenters. The third-order valence-electron chi connectivity index (χ3n) is 3.96. The van der Waals surface area contributed by atoms with Crippen LogP contribution < -0.4 is 0 Å². The number of hydrogen-bond acceptors (Lipinski definition) is 2. The fourth-order valence-corrected chi connectivity index (χ4v) is 4.09. The summed E-state index contributed by atoms with van der Waals surface area (Å²) in [4.78, 5) is 6.25. The topological polar surface area (TPSA) is 12.5 Å². The Bertz CT molecular complexity index is 287. The summed E-state index contributed by atoms with van der Waals surface area (Å²) >= 11 is 2.63. The Morgan fingerprint density at radius 3 is 1.89 bits per heavy atom. The van der Waals surface area contributed by atoms with Gasteiger partial charge in [0.2, 0.25) is 0 Å². The van der Waals surface area contributed by atoms with E-state index in [0.717, 1.165) is 6.61 Å². The predicted molar refractivity (Wildman–Crippen MR) is 91.6 cm³/mol. The van der Waals surface area contributed by atoms with E-state index in [-0.39, 0.29) is 11.1 Å². The molecule has 0 heterocycles. The van der Waals surface area contributed by atoms with E-state index in [9.17, 15) is 0 Å². The highest BCUT2D eigenvalue weighted by molar-refractivity contribution is 14.1. The average Bonchev–Trinajstić information content (AvgIpc) is 2.40. The van der Waals surface area contributed by atoms with E-state index in [1.165, 1.54) is 12.8 Å². The molecule has 114 valence electrons. The van der Waals surface area contributed by atoms with Crippen molar-refractivity contribution in [1.29, 1.82) is 0 Å². The SMILES string of the molecule is CC1(C)CC[C@@H](CON(C(C)(C)C)C(C)(C)C)[C@H]1I. The van der Waals surface area contributed by atoms with Gasteiger partial charge in [0.05, 0.1) is 6.61 Å². The Labute approximate surface area is 133 Å². The minimum Gasteiger partial charge on any atom is -0.298 e. The summed E-state index contributed by atoms with van der Waals surface area (Å²) in [5, 5.41) is 2.18. The molecule has 19 heavy (non-hydrogen) atoms. The third-order valence-corrected chi connectivity index (χ3v) is 6.66. The van der Waals surface area contributed by atoms with Crippen LogP contribution in [0.2, 0.25) is 0 Å². The molecule has 1 rings (SSSR count). The molecule has 0 aliphatic heterocycles. The van der Waals surface area contributed by atoms with Crippen LogP contribution in [0.15, 0.2) is 0 Å². The summed E-state index contributed by atoms with van der Waals surface area (Å²) in [7, 11) is 0. The maximum atomic E-state index is 6.25. The van der Waals surface area contributed by atoms with Crippen molar-refractivity contribution in [2.24, 2.45) is 11.3 Å². The van der Waals surface area contributed by atoms with Gasteiger partial charge in [0, 0.05) is 15.0 Å². The standard InChI is InChI=1S/C16H32INO/c1-14(2,3)18(15(4,5)6)19-11-12-9-10-16(7,8)13(12)17/h12-13H,9-11H2,1-8H3/t12-,13+/m0/s1. The molecule has 3 heteroatoms. The van der Waals surface area contributed by atoms with Gasteiger partial charge in [0.15, 0.2) is 0 Å². The summed E-state index contributed by atoms with van der Waals surface area (Å²) in [5.74, 6) is 0.683. The smallest absolute Gasteiger partial charge is 0.0724 e.